The fourth-order valence-electron chi connectivity index (χ4n) is 2.52. The third-order valence-corrected chi connectivity index (χ3v) is 5.04. The molecule has 0 unspecified atom stereocenters. The summed E-state index contributed by atoms with van der Waals surface area (Å²) in [5.41, 5.74) is 2.08. The van der Waals surface area contributed by atoms with Crippen molar-refractivity contribution < 1.29 is 13.2 Å². The molecule has 1 heterocycles. The minimum atomic E-state index is -3.16. The topological polar surface area (TPSA) is 92.7 Å². The van der Waals surface area contributed by atoms with E-state index in [4.69, 9.17) is 4.74 Å². The summed E-state index contributed by atoms with van der Waals surface area (Å²) in [6.45, 7) is 6.48. The highest BCUT2D eigenvalue weighted by Gasteiger charge is 2.06. The molecule has 7 nitrogen and oxygen atoms in total. The van der Waals surface area contributed by atoms with Crippen LogP contribution in [0.5, 0.6) is 5.88 Å². The van der Waals surface area contributed by atoms with Crippen LogP contribution < -0.4 is 15.4 Å². The SMILES string of the molecule is CCNC(=NCc1ccnc(OCC)c1)NCCc1ccc(S(C)(=O)=O)cc1.I. The predicted molar refractivity (Wildman–Crippen MR) is 127 cm³/mol. The molecule has 2 aromatic rings. The zero-order valence-electron chi connectivity index (χ0n) is 17.0. The lowest BCUT2D eigenvalue weighted by Crippen LogP contribution is -2.38. The van der Waals surface area contributed by atoms with Crippen molar-refractivity contribution >= 4 is 39.8 Å². The van der Waals surface area contributed by atoms with Crippen LogP contribution >= 0.6 is 24.0 Å². The summed E-state index contributed by atoms with van der Waals surface area (Å²) in [7, 11) is -3.16. The molecule has 0 aliphatic heterocycles. The quantitative estimate of drug-likeness (QED) is 0.293. The van der Waals surface area contributed by atoms with E-state index in [9.17, 15) is 8.42 Å². The Morgan fingerprint density at radius 1 is 1.10 bits per heavy atom. The van der Waals surface area contributed by atoms with Gasteiger partial charge in [-0.1, -0.05) is 12.1 Å². The second-order valence-electron chi connectivity index (χ2n) is 6.22. The number of guanidine groups is 1. The van der Waals surface area contributed by atoms with E-state index in [-0.39, 0.29) is 24.0 Å². The molecular weight excluding hydrogens is 503 g/mol. The fourth-order valence-corrected chi connectivity index (χ4v) is 3.15. The third kappa shape index (κ3) is 8.99. The molecule has 160 valence electrons. The number of hydrogen-bond acceptors (Lipinski definition) is 5. The molecule has 1 aromatic carbocycles. The van der Waals surface area contributed by atoms with Gasteiger partial charge in [0.2, 0.25) is 5.88 Å². The molecule has 0 aliphatic carbocycles. The van der Waals surface area contributed by atoms with E-state index in [0.29, 0.717) is 30.5 Å². The summed E-state index contributed by atoms with van der Waals surface area (Å²) in [5, 5.41) is 6.52. The van der Waals surface area contributed by atoms with Crippen molar-refractivity contribution in [3.8, 4) is 5.88 Å². The zero-order valence-corrected chi connectivity index (χ0v) is 20.2. The molecule has 2 N–H and O–H groups in total. The molecule has 0 saturated heterocycles. The number of nitrogens with one attached hydrogen (secondary N) is 2. The average Bonchev–Trinajstić information content (AvgIpc) is 2.66. The van der Waals surface area contributed by atoms with E-state index in [0.717, 1.165) is 30.1 Å². The minimum absolute atomic E-state index is 0. The van der Waals surface area contributed by atoms with Crippen LogP contribution in [0.4, 0.5) is 0 Å². The van der Waals surface area contributed by atoms with E-state index in [1.807, 2.05) is 38.1 Å². The number of halogens is 1. The number of rotatable bonds is 9. The van der Waals surface area contributed by atoms with E-state index >= 15 is 0 Å². The van der Waals surface area contributed by atoms with Crippen molar-refractivity contribution in [2.45, 2.75) is 31.7 Å². The zero-order chi connectivity index (χ0) is 20.4. The van der Waals surface area contributed by atoms with Crippen molar-refractivity contribution in [1.29, 1.82) is 0 Å². The van der Waals surface area contributed by atoms with E-state index in [1.165, 1.54) is 6.26 Å². The van der Waals surface area contributed by atoms with Gasteiger partial charge in [0, 0.05) is 31.6 Å². The molecular formula is C20H29IN4O3S. The molecule has 0 atom stereocenters. The van der Waals surface area contributed by atoms with Crippen LogP contribution in [0.15, 0.2) is 52.5 Å². The highest BCUT2D eigenvalue weighted by atomic mass is 127. The Morgan fingerprint density at radius 3 is 2.45 bits per heavy atom. The lowest BCUT2D eigenvalue weighted by Gasteiger charge is -2.12. The number of pyridine rings is 1. The number of ether oxygens (including phenoxy) is 1. The van der Waals surface area contributed by atoms with Crippen LogP contribution in [-0.4, -0.2) is 45.3 Å². The molecule has 29 heavy (non-hydrogen) atoms. The van der Waals surface area contributed by atoms with Crippen molar-refractivity contribution in [2.24, 2.45) is 4.99 Å². The molecule has 9 heteroatoms. The first kappa shape index (κ1) is 25.2. The maximum absolute atomic E-state index is 11.5. The normalized spacial score (nSPS) is 11.5. The van der Waals surface area contributed by atoms with E-state index in [1.54, 1.807) is 18.3 Å². The summed E-state index contributed by atoms with van der Waals surface area (Å²) in [5.74, 6) is 1.33. The first-order valence-electron chi connectivity index (χ1n) is 9.31. The predicted octanol–water partition coefficient (Wildman–Crippen LogP) is 2.80. The van der Waals surface area contributed by atoms with Crippen LogP contribution in [0.3, 0.4) is 0 Å². The lowest BCUT2D eigenvalue weighted by molar-refractivity contribution is 0.326. The molecule has 0 radical (unpaired) electrons. The number of benzene rings is 1. The van der Waals surface area contributed by atoms with Gasteiger partial charge in [-0.15, -0.1) is 24.0 Å². The highest BCUT2D eigenvalue weighted by Crippen LogP contribution is 2.11. The highest BCUT2D eigenvalue weighted by molar-refractivity contribution is 14.0. The van der Waals surface area contributed by atoms with Crippen molar-refractivity contribution in [1.82, 2.24) is 15.6 Å². The maximum atomic E-state index is 11.5. The van der Waals surface area contributed by atoms with Crippen molar-refractivity contribution in [3.63, 3.8) is 0 Å². The molecule has 0 amide bonds. The Balaban J connectivity index is 0.00000420. The van der Waals surface area contributed by atoms with Crippen LogP contribution in [0, 0.1) is 0 Å². The van der Waals surface area contributed by atoms with Crippen LogP contribution in [0.1, 0.15) is 25.0 Å². The Hall–Kier alpha value is -1.88. The van der Waals surface area contributed by atoms with Gasteiger partial charge in [-0.05, 0) is 49.6 Å². The molecule has 0 aliphatic rings. The van der Waals surface area contributed by atoms with Gasteiger partial charge in [0.05, 0.1) is 18.0 Å². The molecule has 2 rings (SSSR count). The lowest BCUT2D eigenvalue weighted by atomic mass is 10.1. The van der Waals surface area contributed by atoms with Gasteiger partial charge in [-0.25, -0.2) is 18.4 Å². The first-order valence-corrected chi connectivity index (χ1v) is 11.2. The summed E-state index contributed by atoms with van der Waals surface area (Å²) in [4.78, 5) is 9.09. The molecule has 1 aromatic heterocycles. The summed E-state index contributed by atoms with van der Waals surface area (Å²) < 4.78 is 28.5. The second-order valence-corrected chi connectivity index (χ2v) is 8.24. The van der Waals surface area contributed by atoms with Crippen molar-refractivity contribution in [3.05, 3.63) is 53.7 Å². The number of aromatic nitrogens is 1. The van der Waals surface area contributed by atoms with Gasteiger partial charge in [0.15, 0.2) is 15.8 Å². The Labute approximate surface area is 190 Å². The fraction of sp³-hybridized carbons (Fsp3) is 0.400. The molecule has 0 saturated carbocycles. The van der Waals surface area contributed by atoms with Gasteiger partial charge < -0.3 is 15.4 Å². The first-order chi connectivity index (χ1) is 13.4. The van der Waals surface area contributed by atoms with E-state index in [2.05, 4.69) is 20.6 Å². The number of sulfone groups is 1. The van der Waals surface area contributed by atoms with Crippen LogP contribution in [-0.2, 0) is 22.8 Å². The molecule has 0 bridgehead atoms. The van der Waals surface area contributed by atoms with Crippen LogP contribution in [0.2, 0.25) is 0 Å². The maximum Gasteiger partial charge on any atom is 0.213 e. The summed E-state index contributed by atoms with van der Waals surface area (Å²) in [6.07, 6.45) is 3.69. The standard InChI is InChI=1S/C20H28N4O3S.HI/c1-4-21-20(24-15-17-11-12-22-19(14-17)27-5-2)23-13-10-16-6-8-18(9-7-16)28(3,25)26;/h6-9,11-12,14H,4-5,10,13,15H2,1-3H3,(H2,21,23,24);1H. The van der Waals surface area contributed by atoms with Crippen LogP contribution in [0.25, 0.3) is 0 Å². The Morgan fingerprint density at radius 2 is 1.83 bits per heavy atom. The summed E-state index contributed by atoms with van der Waals surface area (Å²) >= 11 is 0. The Bertz CT molecular complexity index is 887. The third-order valence-electron chi connectivity index (χ3n) is 3.91. The van der Waals surface area contributed by atoms with Gasteiger partial charge >= 0.3 is 0 Å². The van der Waals surface area contributed by atoms with Gasteiger partial charge in [-0.3, -0.25) is 0 Å². The van der Waals surface area contributed by atoms with Gasteiger partial charge in [0.1, 0.15) is 0 Å². The number of nitrogens with zero attached hydrogens (tertiary/aromatic N) is 2. The molecule has 0 fully saturated rings. The largest absolute Gasteiger partial charge is 0.478 e. The van der Waals surface area contributed by atoms with Gasteiger partial charge in [0.25, 0.3) is 0 Å². The van der Waals surface area contributed by atoms with Gasteiger partial charge in [-0.2, -0.15) is 0 Å². The number of aliphatic imine (C=N–C) groups is 1. The van der Waals surface area contributed by atoms with E-state index < -0.39 is 9.84 Å². The Kier molecular flexibility index (Phi) is 11.0. The summed E-state index contributed by atoms with van der Waals surface area (Å²) in [6, 6.07) is 10.8. The second kappa shape index (κ2) is 12.6. The van der Waals surface area contributed by atoms with Crippen molar-refractivity contribution in [2.75, 3.05) is 26.0 Å². The minimum Gasteiger partial charge on any atom is -0.478 e. The number of hydrogen-bond donors (Lipinski definition) is 2. The monoisotopic (exact) mass is 532 g/mol. The smallest absolute Gasteiger partial charge is 0.213 e. The molecule has 0 spiro atoms. The average molecular weight is 532 g/mol.